The van der Waals surface area contributed by atoms with Crippen molar-refractivity contribution in [1.29, 1.82) is 0 Å². The monoisotopic (exact) mass is 790 g/mol. The topological polar surface area (TPSA) is 285 Å². The van der Waals surface area contributed by atoms with Gasteiger partial charge in [0, 0.05) is 96.7 Å². The molecule has 0 radical (unpaired) electrons. The van der Waals surface area contributed by atoms with E-state index < -0.39 is 48.8 Å². The number of likely N-dealkylation sites (tertiary alicyclic amines) is 1. The summed E-state index contributed by atoms with van der Waals surface area (Å²) in [5.41, 5.74) is -1.34. The Hall–Kier alpha value is -4.25. The lowest BCUT2D eigenvalue weighted by Crippen LogP contribution is -2.59. The second-order valence-electron chi connectivity index (χ2n) is 14.7. The molecule has 0 aromatic carbocycles. The number of rotatable bonds is 19. The van der Waals surface area contributed by atoms with E-state index in [1.807, 2.05) is 12.3 Å². The van der Waals surface area contributed by atoms with Crippen molar-refractivity contribution in [1.82, 2.24) is 45.8 Å². The SMILES string of the molecule is CC(O)CNCCC(=O)NCCCn1cc(CNc2nc(NC3CCN(C(=O)CCNC(=O)C4(O)CC(O)C(O)C(O)C4)CC3)cc(N3CCOCC3)n2)nn1. The molecule has 3 unspecified atom stereocenters. The number of amides is 3. The number of carbonyl (C=O) groups excluding carboxylic acids is 3. The molecule has 3 amide bonds. The number of morpholine rings is 1. The van der Waals surface area contributed by atoms with Crippen molar-refractivity contribution >= 4 is 35.3 Å². The Morgan fingerprint density at radius 1 is 0.982 bits per heavy atom. The van der Waals surface area contributed by atoms with Crippen LogP contribution in [0, 0.1) is 0 Å². The van der Waals surface area contributed by atoms with Gasteiger partial charge in [-0.1, -0.05) is 5.21 Å². The molecule has 4 heterocycles. The Labute approximate surface area is 325 Å². The molecule has 2 aliphatic heterocycles. The van der Waals surface area contributed by atoms with Crippen molar-refractivity contribution in [3.8, 4) is 0 Å². The molecular formula is C35H58N12O9. The molecule has 2 saturated heterocycles. The molecule has 2 aromatic rings. The van der Waals surface area contributed by atoms with Gasteiger partial charge in [-0.3, -0.25) is 19.1 Å². The smallest absolute Gasteiger partial charge is 0.252 e. The molecule has 3 aliphatic rings. The lowest BCUT2D eigenvalue weighted by Gasteiger charge is -2.39. The van der Waals surface area contributed by atoms with Crippen molar-refractivity contribution in [3.05, 3.63) is 18.0 Å². The summed E-state index contributed by atoms with van der Waals surface area (Å²) >= 11 is 0. The van der Waals surface area contributed by atoms with Crippen LogP contribution < -0.4 is 31.5 Å². The first-order valence-electron chi connectivity index (χ1n) is 19.5. The average Bonchev–Trinajstić information content (AvgIpc) is 3.64. The molecule has 312 valence electrons. The van der Waals surface area contributed by atoms with E-state index in [4.69, 9.17) is 14.7 Å². The lowest BCUT2D eigenvalue weighted by molar-refractivity contribution is -0.172. The van der Waals surface area contributed by atoms with Gasteiger partial charge in [0.1, 0.15) is 29.0 Å². The van der Waals surface area contributed by atoms with E-state index in [0.29, 0.717) is 115 Å². The van der Waals surface area contributed by atoms with Crippen LogP contribution in [-0.4, -0.2) is 175 Å². The molecule has 21 heteroatoms. The molecule has 0 bridgehead atoms. The summed E-state index contributed by atoms with van der Waals surface area (Å²) in [7, 11) is 0. The summed E-state index contributed by atoms with van der Waals surface area (Å²) in [5.74, 6) is 0.821. The van der Waals surface area contributed by atoms with Gasteiger partial charge in [-0.25, -0.2) is 0 Å². The third-order valence-corrected chi connectivity index (χ3v) is 10.0. The summed E-state index contributed by atoms with van der Waals surface area (Å²) in [6.07, 6.45) is -1.37. The number of carbonyl (C=O) groups is 3. The Bertz CT molecular complexity index is 1560. The van der Waals surface area contributed by atoms with Crippen LogP contribution in [0.2, 0.25) is 0 Å². The molecule has 3 fully saturated rings. The maximum absolute atomic E-state index is 12.9. The van der Waals surface area contributed by atoms with E-state index in [0.717, 1.165) is 5.82 Å². The highest BCUT2D eigenvalue weighted by Crippen LogP contribution is 2.29. The standard InChI is InChI=1S/C35H58N12O9/c1-23(48)20-36-8-3-30(51)37-7-2-10-47-22-25(43-44-47)21-39-34-41-28(17-29(42-34)45-13-15-56-16-14-45)40-24-5-11-46(12-6-24)31(52)4-9-38-33(54)35(55)18-26(49)32(53)27(50)19-35/h17,22-24,26-27,32,36,48-50,53,55H,2-16,18-21H2,1H3,(H,37,51)(H,38,54)(H2,39,40,41,42). The number of nitrogens with one attached hydrogen (secondary N) is 5. The molecule has 21 nitrogen and oxygen atoms in total. The number of anilines is 3. The molecule has 0 spiro atoms. The average molecular weight is 791 g/mol. The third-order valence-electron chi connectivity index (χ3n) is 10.0. The molecule has 10 N–H and O–H groups in total. The second-order valence-corrected chi connectivity index (χ2v) is 14.7. The summed E-state index contributed by atoms with van der Waals surface area (Å²) in [6, 6.07) is 1.96. The fourth-order valence-corrected chi connectivity index (χ4v) is 6.86. The quantitative estimate of drug-likeness (QED) is 0.0631. The predicted molar refractivity (Wildman–Crippen MR) is 202 cm³/mol. The van der Waals surface area contributed by atoms with Crippen LogP contribution in [0.4, 0.5) is 17.6 Å². The zero-order valence-electron chi connectivity index (χ0n) is 32.0. The summed E-state index contributed by atoms with van der Waals surface area (Å²) < 4.78 is 7.27. The number of hydrogen-bond acceptors (Lipinski definition) is 17. The Morgan fingerprint density at radius 2 is 1.71 bits per heavy atom. The van der Waals surface area contributed by atoms with Gasteiger partial charge in [0.2, 0.25) is 17.8 Å². The first kappa shape index (κ1) is 42.9. The number of ether oxygens (including phenoxy) is 1. The fraction of sp³-hybridized carbons (Fsp3) is 0.743. The molecule has 1 saturated carbocycles. The molecule has 5 rings (SSSR count). The Balaban J connectivity index is 1.06. The van der Waals surface area contributed by atoms with E-state index in [9.17, 15) is 39.9 Å². The number of hydrogen-bond donors (Lipinski definition) is 10. The minimum Gasteiger partial charge on any atom is -0.392 e. The Morgan fingerprint density at radius 3 is 2.43 bits per heavy atom. The highest BCUT2D eigenvalue weighted by Gasteiger charge is 2.48. The van der Waals surface area contributed by atoms with Crippen LogP contribution in [-0.2, 0) is 32.2 Å². The van der Waals surface area contributed by atoms with E-state index in [2.05, 4.69) is 41.8 Å². The van der Waals surface area contributed by atoms with E-state index in [1.165, 1.54) is 0 Å². The van der Waals surface area contributed by atoms with Gasteiger partial charge in [-0.15, -0.1) is 5.10 Å². The van der Waals surface area contributed by atoms with Crippen LogP contribution in [0.5, 0.6) is 0 Å². The molecule has 3 atom stereocenters. The number of nitrogens with zero attached hydrogens (tertiary/aromatic N) is 7. The van der Waals surface area contributed by atoms with Crippen LogP contribution in [0.15, 0.2) is 12.3 Å². The van der Waals surface area contributed by atoms with Crippen LogP contribution >= 0.6 is 0 Å². The van der Waals surface area contributed by atoms with Gasteiger partial charge in [0.15, 0.2) is 0 Å². The maximum Gasteiger partial charge on any atom is 0.252 e. The largest absolute Gasteiger partial charge is 0.392 e. The van der Waals surface area contributed by atoms with Crippen molar-refractivity contribution in [3.63, 3.8) is 0 Å². The third kappa shape index (κ3) is 12.9. The van der Waals surface area contributed by atoms with Gasteiger partial charge >= 0.3 is 0 Å². The van der Waals surface area contributed by atoms with Gasteiger partial charge in [-0.05, 0) is 26.2 Å². The minimum atomic E-state index is -2.04. The second kappa shape index (κ2) is 20.8. The summed E-state index contributed by atoms with van der Waals surface area (Å²) in [6.45, 7) is 7.63. The molecule has 2 aromatic heterocycles. The number of aliphatic hydroxyl groups is 5. The van der Waals surface area contributed by atoms with Gasteiger partial charge in [-0.2, -0.15) is 9.97 Å². The number of aliphatic hydroxyl groups excluding tert-OH is 4. The molecule has 1 aliphatic carbocycles. The highest BCUT2D eigenvalue weighted by molar-refractivity contribution is 5.86. The van der Waals surface area contributed by atoms with Crippen molar-refractivity contribution < 1.29 is 44.7 Å². The fourth-order valence-electron chi connectivity index (χ4n) is 6.86. The normalized spacial score (nSPS) is 23.7. The summed E-state index contributed by atoms with van der Waals surface area (Å²) in [5, 5.41) is 73.2. The van der Waals surface area contributed by atoms with Crippen molar-refractivity contribution in [2.45, 2.75) is 101 Å². The van der Waals surface area contributed by atoms with Gasteiger partial charge in [0.05, 0.1) is 44.3 Å². The summed E-state index contributed by atoms with van der Waals surface area (Å²) in [4.78, 5) is 51.0. The van der Waals surface area contributed by atoms with Gasteiger partial charge in [0.25, 0.3) is 5.91 Å². The zero-order chi connectivity index (χ0) is 40.1. The van der Waals surface area contributed by atoms with Crippen LogP contribution in [0.3, 0.4) is 0 Å². The minimum absolute atomic E-state index is 0.0184. The van der Waals surface area contributed by atoms with Crippen molar-refractivity contribution in [2.24, 2.45) is 0 Å². The zero-order valence-corrected chi connectivity index (χ0v) is 32.0. The van der Waals surface area contributed by atoms with E-state index >= 15 is 0 Å². The van der Waals surface area contributed by atoms with Crippen LogP contribution in [0.25, 0.3) is 0 Å². The number of piperidine rings is 1. The number of aryl methyl sites for hydroxylation is 1. The first-order valence-corrected chi connectivity index (χ1v) is 19.5. The maximum atomic E-state index is 12.9. The molecule has 56 heavy (non-hydrogen) atoms. The molecular weight excluding hydrogens is 732 g/mol. The highest BCUT2D eigenvalue weighted by atomic mass is 16.5. The Kier molecular flexibility index (Phi) is 15.9. The van der Waals surface area contributed by atoms with Gasteiger partial charge < -0.3 is 66.7 Å². The number of aromatic nitrogens is 5. The van der Waals surface area contributed by atoms with Crippen LogP contribution in [0.1, 0.15) is 57.6 Å². The van der Waals surface area contributed by atoms with E-state index in [-0.39, 0.29) is 30.8 Å². The first-order chi connectivity index (χ1) is 26.9. The van der Waals surface area contributed by atoms with E-state index in [1.54, 1.807) is 16.5 Å². The predicted octanol–water partition coefficient (Wildman–Crippen LogP) is -3.10. The van der Waals surface area contributed by atoms with Crippen molar-refractivity contribution in [2.75, 3.05) is 81.1 Å². The lowest BCUT2D eigenvalue weighted by atomic mass is 9.79.